The summed E-state index contributed by atoms with van der Waals surface area (Å²) in [6, 6.07) is 9.70. The number of rotatable bonds is 1. The molecule has 4 nitrogen and oxygen atoms in total. The minimum atomic E-state index is -0.382. The predicted molar refractivity (Wildman–Crippen MR) is 69.4 cm³/mol. The summed E-state index contributed by atoms with van der Waals surface area (Å²) in [4.78, 5) is 17.2. The second-order valence-corrected chi connectivity index (χ2v) is 4.82. The van der Waals surface area contributed by atoms with Gasteiger partial charge in [-0.1, -0.05) is 18.2 Å². The number of aromatic nitrogens is 1. The summed E-state index contributed by atoms with van der Waals surface area (Å²) in [5, 5.41) is 10.7. The second kappa shape index (κ2) is 4.46. The Bertz CT molecular complexity index is 543. The Balaban J connectivity index is 1.87. The number of benzene rings is 1. The summed E-state index contributed by atoms with van der Waals surface area (Å²) in [7, 11) is 0. The van der Waals surface area contributed by atoms with Crippen LogP contribution in [0.1, 0.15) is 23.3 Å². The van der Waals surface area contributed by atoms with Crippen molar-refractivity contribution in [2.75, 3.05) is 13.1 Å². The SMILES string of the molecule is O=C(c1cc2ccccc2[nH]1)N1CCC[C@H](O)C1. The Labute approximate surface area is 105 Å². The normalized spacial score (nSPS) is 20.3. The number of carbonyl (C=O) groups is 1. The topological polar surface area (TPSA) is 56.3 Å². The van der Waals surface area contributed by atoms with Crippen LogP contribution in [0, 0.1) is 0 Å². The lowest BCUT2D eigenvalue weighted by molar-refractivity contribution is 0.0470. The van der Waals surface area contributed by atoms with Crippen molar-refractivity contribution in [2.24, 2.45) is 0 Å². The molecule has 1 aromatic carbocycles. The molecule has 0 unspecified atom stereocenters. The molecule has 1 fully saturated rings. The van der Waals surface area contributed by atoms with Crippen LogP contribution in [0.15, 0.2) is 30.3 Å². The number of nitrogens with one attached hydrogen (secondary N) is 1. The third-order valence-electron chi connectivity index (χ3n) is 3.44. The molecular weight excluding hydrogens is 228 g/mol. The monoisotopic (exact) mass is 244 g/mol. The van der Waals surface area contributed by atoms with Crippen molar-refractivity contribution in [3.05, 3.63) is 36.0 Å². The largest absolute Gasteiger partial charge is 0.391 e. The standard InChI is InChI=1S/C14H16N2O2/c17-11-5-3-7-16(9-11)14(18)13-8-10-4-1-2-6-12(10)15-13/h1-2,4,6,8,11,15,17H,3,5,7,9H2/t11-/m0/s1. The number of aromatic amines is 1. The number of H-pyrrole nitrogens is 1. The van der Waals surface area contributed by atoms with Gasteiger partial charge in [0, 0.05) is 24.0 Å². The van der Waals surface area contributed by atoms with Crippen LogP contribution in [-0.4, -0.2) is 40.1 Å². The summed E-state index contributed by atoms with van der Waals surface area (Å²) < 4.78 is 0. The zero-order valence-electron chi connectivity index (χ0n) is 10.1. The fourth-order valence-electron chi connectivity index (χ4n) is 2.50. The third kappa shape index (κ3) is 1.99. The summed E-state index contributed by atoms with van der Waals surface area (Å²) in [6.07, 6.45) is 1.27. The van der Waals surface area contributed by atoms with E-state index < -0.39 is 0 Å². The van der Waals surface area contributed by atoms with Crippen LogP contribution in [0.4, 0.5) is 0 Å². The van der Waals surface area contributed by atoms with Crippen LogP contribution < -0.4 is 0 Å². The smallest absolute Gasteiger partial charge is 0.270 e. The summed E-state index contributed by atoms with van der Waals surface area (Å²) in [6.45, 7) is 1.17. The van der Waals surface area contributed by atoms with Gasteiger partial charge in [0.25, 0.3) is 5.91 Å². The number of carbonyl (C=O) groups excluding carboxylic acids is 1. The molecule has 0 aliphatic carbocycles. The van der Waals surface area contributed by atoms with Crippen LogP contribution in [0.3, 0.4) is 0 Å². The summed E-state index contributed by atoms with van der Waals surface area (Å²) in [5.74, 6) is -0.0232. The van der Waals surface area contributed by atoms with Crippen LogP contribution in [-0.2, 0) is 0 Å². The number of para-hydroxylation sites is 1. The Morgan fingerprint density at radius 3 is 3.00 bits per heavy atom. The first kappa shape index (κ1) is 11.3. The van der Waals surface area contributed by atoms with Gasteiger partial charge in [0.05, 0.1) is 6.10 Å². The molecule has 2 heterocycles. The lowest BCUT2D eigenvalue weighted by Gasteiger charge is -2.29. The fourth-order valence-corrected chi connectivity index (χ4v) is 2.50. The van der Waals surface area contributed by atoms with Crippen molar-refractivity contribution < 1.29 is 9.90 Å². The van der Waals surface area contributed by atoms with Crippen molar-refractivity contribution >= 4 is 16.8 Å². The molecule has 1 aliphatic rings. The van der Waals surface area contributed by atoms with Crippen LogP contribution in [0.2, 0.25) is 0 Å². The van der Waals surface area contributed by atoms with E-state index >= 15 is 0 Å². The molecule has 0 bridgehead atoms. The maximum Gasteiger partial charge on any atom is 0.270 e. The zero-order valence-corrected chi connectivity index (χ0v) is 10.1. The number of piperidine rings is 1. The zero-order chi connectivity index (χ0) is 12.5. The third-order valence-corrected chi connectivity index (χ3v) is 3.44. The molecule has 1 aliphatic heterocycles. The molecule has 3 rings (SSSR count). The average Bonchev–Trinajstić information content (AvgIpc) is 2.81. The number of β-amino-alcohol motifs (C(OH)–C–C–N with tert-alkyl or cyclic N) is 1. The minimum absolute atomic E-state index is 0.0232. The van der Waals surface area contributed by atoms with E-state index in [9.17, 15) is 9.90 Å². The number of aliphatic hydroxyl groups is 1. The molecule has 1 atom stereocenters. The molecule has 0 radical (unpaired) electrons. The summed E-state index contributed by atoms with van der Waals surface area (Å²) >= 11 is 0. The number of nitrogens with zero attached hydrogens (tertiary/aromatic N) is 1. The van der Waals surface area contributed by atoms with Gasteiger partial charge in [0.2, 0.25) is 0 Å². The minimum Gasteiger partial charge on any atom is -0.391 e. The maximum absolute atomic E-state index is 12.3. The number of hydrogen-bond acceptors (Lipinski definition) is 2. The van der Waals surface area contributed by atoms with E-state index in [1.165, 1.54) is 0 Å². The van der Waals surface area contributed by atoms with E-state index in [-0.39, 0.29) is 12.0 Å². The molecule has 94 valence electrons. The highest BCUT2D eigenvalue weighted by molar-refractivity contribution is 5.98. The molecule has 18 heavy (non-hydrogen) atoms. The Morgan fingerprint density at radius 2 is 2.22 bits per heavy atom. The first-order valence-corrected chi connectivity index (χ1v) is 6.29. The van der Waals surface area contributed by atoms with Crippen molar-refractivity contribution in [1.82, 2.24) is 9.88 Å². The van der Waals surface area contributed by atoms with E-state index in [0.717, 1.165) is 30.3 Å². The quantitative estimate of drug-likeness (QED) is 0.803. The van der Waals surface area contributed by atoms with E-state index in [0.29, 0.717) is 12.2 Å². The van der Waals surface area contributed by atoms with E-state index in [1.54, 1.807) is 4.90 Å². The number of hydrogen-bond donors (Lipinski definition) is 2. The average molecular weight is 244 g/mol. The van der Waals surface area contributed by atoms with Crippen LogP contribution >= 0.6 is 0 Å². The molecule has 2 aromatic rings. The van der Waals surface area contributed by atoms with E-state index in [4.69, 9.17) is 0 Å². The molecule has 4 heteroatoms. The van der Waals surface area contributed by atoms with Crippen molar-refractivity contribution in [3.63, 3.8) is 0 Å². The van der Waals surface area contributed by atoms with Gasteiger partial charge in [-0.15, -0.1) is 0 Å². The van der Waals surface area contributed by atoms with E-state index in [1.807, 2.05) is 30.3 Å². The highest BCUT2D eigenvalue weighted by Crippen LogP contribution is 2.18. The van der Waals surface area contributed by atoms with Gasteiger partial charge >= 0.3 is 0 Å². The van der Waals surface area contributed by atoms with Crippen LogP contribution in [0.25, 0.3) is 10.9 Å². The fraction of sp³-hybridized carbons (Fsp3) is 0.357. The molecule has 0 spiro atoms. The van der Waals surface area contributed by atoms with Gasteiger partial charge in [0.15, 0.2) is 0 Å². The van der Waals surface area contributed by atoms with Crippen LogP contribution in [0.5, 0.6) is 0 Å². The lowest BCUT2D eigenvalue weighted by atomic mass is 10.1. The van der Waals surface area contributed by atoms with Crippen molar-refractivity contribution in [2.45, 2.75) is 18.9 Å². The number of amides is 1. The first-order chi connectivity index (χ1) is 8.74. The number of fused-ring (bicyclic) bond motifs is 1. The molecule has 1 amide bonds. The van der Waals surface area contributed by atoms with Gasteiger partial charge in [-0.2, -0.15) is 0 Å². The van der Waals surface area contributed by atoms with Gasteiger partial charge in [-0.3, -0.25) is 4.79 Å². The highest BCUT2D eigenvalue weighted by atomic mass is 16.3. The van der Waals surface area contributed by atoms with Crippen molar-refractivity contribution in [1.29, 1.82) is 0 Å². The van der Waals surface area contributed by atoms with Gasteiger partial charge < -0.3 is 15.0 Å². The maximum atomic E-state index is 12.3. The molecule has 1 aromatic heterocycles. The molecular formula is C14H16N2O2. The van der Waals surface area contributed by atoms with E-state index in [2.05, 4.69) is 4.98 Å². The molecule has 2 N–H and O–H groups in total. The first-order valence-electron chi connectivity index (χ1n) is 6.29. The Hall–Kier alpha value is -1.81. The molecule has 1 saturated heterocycles. The molecule has 0 saturated carbocycles. The Morgan fingerprint density at radius 1 is 1.39 bits per heavy atom. The van der Waals surface area contributed by atoms with Gasteiger partial charge in [-0.05, 0) is 25.0 Å². The van der Waals surface area contributed by atoms with Crippen molar-refractivity contribution in [3.8, 4) is 0 Å². The highest BCUT2D eigenvalue weighted by Gasteiger charge is 2.23. The van der Waals surface area contributed by atoms with Gasteiger partial charge in [-0.25, -0.2) is 0 Å². The predicted octanol–water partition coefficient (Wildman–Crippen LogP) is 1.76. The van der Waals surface area contributed by atoms with Gasteiger partial charge in [0.1, 0.15) is 5.69 Å². The number of aliphatic hydroxyl groups excluding tert-OH is 1. The number of likely N-dealkylation sites (tertiary alicyclic amines) is 1. The lowest BCUT2D eigenvalue weighted by Crippen LogP contribution is -2.42. The second-order valence-electron chi connectivity index (χ2n) is 4.82. The summed E-state index contributed by atoms with van der Waals surface area (Å²) in [5.41, 5.74) is 1.57. The Kier molecular flexibility index (Phi) is 2.80.